The van der Waals surface area contributed by atoms with E-state index in [4.69, 9.17) is 23.2 Å². The number of alkyl halides is 3. The van der Waals surface area contributed by atoms with Crippen molar-refractivity contribution in [2.24, 2.45) is 0 Å². The molecule has 9 heteroatoms. The van der Waals surface area contributed by atoms with Gasteiger partial charge in [-0.1, -0.05) is 30.1 Å². The second kappa shape index (κ2) is 7.97. The molecule has 2 aromatic rings. The SMILES string of the molecule is CCC(=O)Nc1ccc(Cl)cc1C(=O)Nc1ccc(C(F)(F)F)cc1Cl. The van der Waals surface area contributed by atoms with Crippen LogP contribution in [0.25, 0.3) is 0 Å². The van der Waals surface area contributed by atoms with Crippen LogP contribution in [0.5, 0.6) is 0 Å². The molecule has 0 bridgehead atoms. The molecule has 4 nitrogen and oxygen atoms in total. The molecule has 0 radical (unpaired) electrons. The van der Waals surface area contributed by atoms with Crippen LogP contribution in [0.4, 0.5) is 24.5 Å². The molecule has 2 rings (SSSR count). The van der Waals surface area contributed by atoms with Gasteiger partial charge in [-0.25, -0.2) is 0 Å². The molecule has 2 amide bonds. The Labute approximate surface area is 157 Å². The lowest BCUT2D eigenvalue weighted by atomic mass is 10.1. The molecule has 0 fully saturated rings. The molecular formula is C17H13Cl2F3N2O2. The van der Waals surface area contributed by atoms with Crippen LogP contribution >= 0.6 is 23.2 Å². The van der Waals surface area contributed by atoms with Crippen LogP contribution in [-0.4, -0.2) is 11.8 Å². The van der Waals surface area contributed by atoms with Crippen LogP contribution in [-0.2, 0) is 11.0 Å². The van der Waals surface area contributed by atoms with E-state index in [1.54, 1.807) is 6.92 Å². The van der Waals surface area contributed by atoms with Gasteiger partial charge >= 0.3 is 6.18 Å². The molecule has 0 atom stereocenters. The van der Waals surface area contributed by atoms with Gasteiger partial charge in [-0.05, 0) is 36.4 Å². The number of amides is 2. The lowest BCUT2D eigenvalue weighted by Crippen LogP contribution is -2.18. The van der Waals surface area contributed by atoms with Crippen molar-refractivity contribution >= 4 is 46.4 Å². The summed E-state index contributed by atoms with van der Waals surface area (Å²) in [5.41, 5.74) is -0.659. The Kier molecular flexibility index (Phi) is 6.15. The zero-order valence-electron chi connectivity index (χ0n) is 13.4. The number of hydrogen-bond donors (Lipinski definition) is 2. The van der Waals surface area contributed by atoms with Crippen molar-refractivity contribution in [3.8, 4) is 0 Å². The minimum Gasteiger partial charge on any atom is -0.325 e. The normalized spacial score (nSPS) is 11.2. The molecule has 0 aromatic heterocycles. The number of carbonyl (C=O) groups excluding carboxylic acids is 2. The zero-order valence-corrected chi connectivity index (χ0v) is 14.9. The molecule has 0 saturated heterocycles. The summed E-state index contributed by atoms with van der Waals surface area (Å²) in [6.07, 6.45) is -4.34. The zero-order chi connectivity index (χ0) is 19.5. The lowest BCUT2D eigenvalue weighted by Gasteiger charge is -2.13. The van der Waals surface area contributed by atoms with Crippen molar-refractivity contribution in [1.29, 1.82) is 0 Å². The summed E-state index contributed by atoms with van der Waals surface area (Å²) in [5, 5.41) is 4.96. The van der Waals surface area contributed by atoms with Crippen molar-refractivity contribution in [3.05, 3.63) is 57.6 Å². The number of carbonyl (C=O) groups is 2. The number of anilines is 2. The van der Waals surface area contributed by atoms with E-state index < -0.39 is 17.6 Å². The number of rotatable bonds is 4. The van der Waals surface area contributed by atoms with Gasteiger partial charge in [0.25, 0.3) is 5.91 Å². The predicted octanol–water partition coefficient (Wildman–Crippen LogP) is 5.61. The first-order chi connectivity index (χ1) is 12.1. The molecule has 2 N–H and O–H groups in total. The highest BCUT2D eigenvalue weighted by molar-refractivity contribution is 6.34. The molecular weight excluding hydrogens is 392 g/mol. The maximum Gasteiger partial charge on any atom is 0.416 e. The van der Waals surface area contributed by atoms with E-state index in [0.29, 0.717) is 0 Å². The summed E-state index contributed by atoms with van der Waals surface area (Å²) < 4.78 is 38.0. The lowest BCUT2D eigenvalue weighted by molar-refractivity contribution is -0.137. The Hall–Kier alpha value is -2.25. The molecule has 0 unspecified atom stereocenters. The Balaban J connectivity index is 2.30. The molecule has 0 aliphatic rings. The van der Waals surface area contributed by atoms with Gasteiger partial charge in [0.15, 0.2) is 0 Å². The molecule has 0 aliphatic heterocycles. The van der Waals surface area contributed by atoms with Crippen molar-refractivity contribution in [2.75, 3.05) is 10.6 Å². The van der Waals surface area contributed by atoms with Crippen molar-refractivity contribution in [2.45, 2.75) is 19.5 Å². The summed E-state index contributed by atoms with van der Waals surface area (Å²) in [7, 11) is 0. The van der Waals surface area contributed by atoms with Crippen molar-refractivity contribution in [1.82, 2.24) is 0 Å². The van der Waals surface area contributed by atoms with Crippen molar-refractivity contribution < 1.29 is 22.8 Å². The second-order valence-electron chi connectivity index (χ2n) is 5.24. The monoisotopic (exact) mass is 404 g/mol. The quantitative estimate of drug-likeness (QED) is 0.695. The maximum absolute atomic E-state index is 12.7. The highest BCUT2D eigenvalue weighted by Crippen LogP contribution is 2.34. The molecule has 26 heavy (non-hydrogen) atoms. The van der Waals surface area contributed by atoms with E-state index in [-0.39, 0.29) is 39.3 Å². The average molecular weight is 405 g/mol. The first kappa shape index (κ1) is 20.1. The Morgan fingerprint density at radius 3 is 2.23 bits per heavy atom. The van der Waals surface area contributed by atoms with E-state index in [9.17, 15) is 22.8 Å². The van der Waals surface area contributed by atoms with Gasteiger partial charge in [0, 0.05) is 11.4 Å². The average Bonchev–Trinajstić information content (AvgIpc) is 2.57. The standard InChI is InChI=1S/C17H13Cl2F3N2O2/c1-2-15(25)23-13-6-4-10(18)8-11(13)16(26)24-14-5-3-9(7-12(14)19)17(20,21)22/h3-8H,2H2,1H3,(H,23,25)(H,24,26). The summed E-state index contributed by atoms with van der Waals surface area (Å²) in [6.45, 7) is 1.65. The van der Waals surface area contributed by atoms with Gasteiger partial charge in [-0.15, -0.1) is 0 Å². The second-order valence-corrected chi connectivity index (χ2v) is 6.08. The highest BCUT2D eigenvalue weighted by atomic mass is 35.5. The number of halogens is 5. The van der Waals surface area contributed by atoms with Crippen LogP contribution in [0.1, 0.15) is 29.3 Å². The van der Waals surface area contributed by atoms with Crippen LogP contribution < -0.4 is 10.6 Å². The van der Waals surface area contributed by atoms with Gasteiger partial charge in [0.05, 0.1) is 27.5 Å². The van der Waals surface area contributed by atoms with Gasteiger partial charge in [0.1, 0.15) is 0 Å². The third-order valence-electron chi connectivity index (χ3n) is 3.37. The summed E-state index contributed by atoms with van der Waals surface area (Å²) in [4.78, 5) is 24.1. The van der Waals surface area contributed by atoms with E-state index in [1.807, 2.05) is 0 Å². The molecule has 0 spiro atoms. The van der Waals surface area contributed by atoms with Gasteiger partial charge in [-0.3, -0.25) is 9.59 Å². The Bertz CT molecular complexity index is 854. The Morgan fingerprint density at radius 2 is 1.65 bits per heavy atom. The fourth-order valence-corrected chi connectivity index (χ4v) is 2.43. The molecule has 2 aromatic carbocycles. The van der Waals surface area contributed by atoms with Crippen LogP contribution in [0, 0.1) is 0 Å². The van der Waals surface area contributed by atoms with E-state index in [1.165, 1.54) is 18.2 Å². The highest BCUT2D eigenvalue weighted by Gasteiger charge is 2.31. The molecule has 0 aliphatic carbocycles. The van der Waals surface area contributed by atoms with Crippen LogP contribution in [0.15, 0.2) is 36.4 Å². The smallest absolute Gasteiger partial charge is 0.325 e. The largest absolute Gasteiger partial charge is 0.416 e. The fourth-order valence-electron chi connectivity index (χ4n) is 2.03. The number of benzene rings is 2. The third kappa shape index (κ3) is 4.89. The van der Waals surface area contributed by atoms with E-state index in [0.717, 1.165) is 18.2 Å². The topological polar surface area (TPSA) is 58.2 Å². The number of nitrogens with one attached hydrogen (secondary N) is 2. The molecule has 0 heterocycles. The maximum atomic E-state index is 12.7. The Morgan fingerprint density at radius 1 is 1.00 bits per heavy atom. The summed E-state index contributed by atoms with van der Waals surface area (Å²) >= 11 is 11.7. The van der Waals surface area contributed by atoms with Gasteiger partial charge in [0.2, 0.25) is 5.91 Å². The van der Waals surface area contributed by atoms with Crippen LogP contribution in [0.2, 0.25) is 10.0 Å². The minimum absolute atomic E-state index is 0.00240. The predicted molar refractivity (Wildman–Crippen MR) is 94.8 cm³/mol. The third-order valence-corrected chi connectivity index (χ3v) is 3.91. The van der Waals surface area contributed by atoms with E-state index in [2.05, 4.69) is 10.6 Å². The molecule has 138 valence electrons. The summed E-state index contributed by atoms with van der Waals surface area (Å²) in [6, 6.07) is 6.86. The molecule has 0 saturated carbocycles. The van der Waals surface area contributed by atoms with E-state index >= 15 is 0 Å². The first-order valence-corrected chi connectivity index (χ1v) is 8.15. The minimum atomic E-state index is -4.54. The first-order valence-electron chi connectivity index (χ1n) is 7.39. The fraction of sp³-hybridized carbons (Fsp3) is 0.176. The van der Waals surface area contributed by atoms with Gasteiger partial charge < -0.3 is 10.6 Å². The van der Waals surface area contributed by atoms with Crippen molar-refractivity contribution in [3.63, 3.8) is 0 Å². The van der Waals surface area contributed by atoms with Crippen LogP contribution in [0.3, 0.4) is 0 Å². The number of hydrogen-bond acceptors (Lipinski definition) is 2. The summed E-state index contributed by atoms with van der Waals surface area (Å²) in [5.74, 6) is -0.991. The van der Waals surface area contributed by atoms with Gasteiger partial charge in [-0.2, -0.15) is 13.2 Å².